The first-order valence-electron chi connectivity index (χ1n) is 11.2. The summed E-state index contributed by atoms with van der Waals surface area (Å²) in [6.07, 6.45) is 3.42. The zero-order valence-electron chi connectivity index (χ0n) is 18.7. The number of likely N-dealkylation sites (tertiary alicyclic amines) is 1. The number of thiophene rings is 1. The van der Waals surface area contributed by atoms with E-state index in [1.807, 2.05) is 22.3 Å². The van der Waals surface area contributed by atoms with E-state index in [2.05, 4.69) is 62.3 Å². The van der Waals surface area contributed by atoms with Gasteiger partial charge >= 0.3 is 6.03 Å². The molecule has 1 N–H and O–H groups in total. The summed E-state index contributed by atoms with van der Waals surface area (Å²) in [5, 5.41) is 6.80. The van der Waals surface area contributed by atoms with E-state index in [0.717, 1.165) is 24.6 Å². The van der Waals surface area contributed by atoms with Gasteiger partial charge < -0.3 is 15.1 Å². The van der Waals surface area contributed by atoms with Crippen molar-refractivity contribution in [1.29, 1.82) is 0 Å². The fourth-order valence-electron chi connectivity index (χ4n) is 4.42. The van der Waals surface area contributed by atoms with E-state index in [1.54, 1.807) is 0 Å². The number of urea groups is 1. The van der Waals surface area contributed by atoms with Crippen molar-refractivity contribution in [2.24, 2.45) is 5.92 Å². The van der Waals surface area contributed by atoms with Gasteiger partial charge in [-0.1, -0.05) is 20.8 Å². The third-order valence-electron chi connectivity index (χ3n) is 5.85. The molecule has 1 aliphatic rings. The maximum atomic E-state index is 12.7. The molecule has 3 rings (SSSR count). The van der Waals surface area contributed by atoms with E-state index < -0.39 is 0 Å². The monoisotopic (exact) mass is 415 g/mol. The first-order chi connectivity index (χ1) is 13.9. The Labute approximate surface area is 180 Å². The van der Waals surface area contributed by atoms with E-state index in [9.17, 15) is 4.79 Å². The largest absolute Gasteiger partial charge is 0.322 e. The molecule has 2 amide bonds. The fourth-order valence-corrected chi connectivity index (χ4v) is 5.44. The summed E-state index contributed by atoms with van der Waals surface area (Å²) in [6, 6.07) is 6.58. The highest BCUT2D eigenvalue weighted by molar-refractivity contribution is 7.17. The number of benzene rings is 1. The van der Waals surface area contributed by atoms with E-state index in [4.69, 9.17) is 0 Å². The molecule has 1 aromatic heterocycles. The van der Waals surface area contributed by atoms with Crippen molar-refractivity contribution in [2.45, 2.75) is 65.8 Å². The Kier molecular flexibility index (Phi) is 7.58. The van der Waals surface area contributed by atoms with Crippen molar-refractivity contribution < 1.29 is 4.79 Å². The Morgan fingerprint density at radius 1 is 1.24 bits per heavy atom. The lowest BCUT2D eigenvalue weighted by molar-refractivity contribution is 0.192. The van der Waals surface area contributed by atoms with E-state index in [-0.39, 0.29) is 12.1 Å². The number of fused-ring (bicyclic) bond motifs is 1. The summed E-state index contributed by atoms with van der Waals surface area (Å²) in [5.74, 6) is 1.36. The lowest BCUT2D eigenvalue weighted by atomic mass is 9.89. The average molecular weight is 416 g/mol. The van der Waals surface area contributed by atoms with Crippen LogP contribution in [-0.4, -0.2) is 48.1 Å². The van der Waals surface area contributed by atoms with Crippen LogP contribution >= 0.6 is 11.3 Å². The molecule has 160 valence electrons. The summed E-state index contributed by atoms with van der Waals surface area (Å²) in [4.78, 5) is 17.3. The summed E-state index contributed by atoms with van der Waals surface area (Å²) in [7, 11) is 0. The third kappa shape index (κ3) is 5.52. The number of nitrogens with one attached hydrogen (secondary N) is 1. The highest BCUT2D eigenvalue weighted by Crippen LogP contribution is 2.38. The minimum absolute atomic E-state index is 0.0000248. The molecule has 0 atom stereocenters. The molecular formula is C24H37N3OS. The van der Waals surface area contributed by atoms with Gasteiger partial charge in [-0.2, -0.15) is 0 Å². The number of rotatable bonds is 7. The number of amides is 2. The van der Waals surface area contributed by atoms with Crippen molar-refractivity contribution in [3.05, 3.63) is 29.1 Å². The van der Waals surface area contributed by atoms with Crippen LogP contribution in [0.25, 0.3) is 10.1 Å². The Bertz CT molecular complexity index is 806. The van der Waals surface area contributed by atoms with Crippen LogP contribution in [0.5, 0.6) is 0 Å². The summed E-state index contributed by atoms with van der Waals surface area (Å²) in [6.45, 7) is 15.2. The molecule has 4 nitrogen and oxygen atoms in total. The first kappa shape index (κ1) is 22.1. The number of carbonyl (C=O) groups is 1. The Balaban J connectivity index is 1.73. The lowest BCUT2D eigenvalue weighted by Crippen LogP contribution is -2.40. The molecule has 2 aromatic rings. The van der Waals surface area contributed by atoms with Crippen LogP contribution in [0, 0.1) is 5.92 Å². The van der Waals surface area contributed by atoms with Crippen molar-refractivity contribution in [3.63, 3.8) is 0 Å². The van der Waals surface area contributed by atoms with Crippen molar-refractivity contribution in [1.82, 2.24) is 9.80 Å². The molecule has 1 fully saturated rings. The number of anilines is 1. The van der Waals surface area contributed by atoms with E-state index >= 15 is 0 Å². The van der Waals surface area contributed by atoms with E-state index in [0.29, 0.717) is 5.92 Å². The fraction of sp³-hybridized carbons (Fsp3) is 0.625. The van der Waals surface area contributed by atoms with Gasteiger partial charge in [0.05, 0.1) is 0 Å². The molecule has 29 heavy (non-hydrogen) atoms. The van der Waals surface area contributed by atoms with Gasteiger partial charge in [-0.15, -0.1) is 11.3 Å². The molecule has 0 unspecified atom stereocenters. The van der Waals surface area contributed by atoms with Gasteiger partial charge in [-0.05, 0) is 92.6 Å². The molecule has 0 bridgehead atoms. The minimum Gasteiger partial charge on any atom is -0.322 e. The predicted octanol–water partition coefficient (Wildman–Crippen LogP) is 6.39. The highest BCUT2D eigenvalue weighted by atomic mass is 32.1. The zero-order valence-corrected chi connectivity index (χ0v) is 19.5. The molecule has 1 saturated heterocycles. The molecular weight excluding hydrogens is 378 g/mol. The van der Waals surface area contributed by atoms with Gasteiger partial charge in [0.2, 0.25) is 0 Å². The van der Waals surface area contributed by atoms with Crippen LogP contribution in [0.2, 0.25) is 0 Å². The van der Waals surface area contributed by atoms with Crippen LogP contribution in [0.4, 0.5) is 10.5 Å². The molecule has 1 aliphatic heterocycles. The number of piperidine rings is 1. The third-order valence-corrected chi connectivity index (χ3v) is 6.84. The summed E-state index contributed by atoms with van der Waals surface area (Å²) in [5.41, 5.74) is 2.38. The molecule has 0 aliphatic carbocycles. The zero-order chi connectivity index (χ0) is 21.0. The van der Waals surface area contributed by atoms with Gasteiger partial charge in [0, 0.05) is 29.5 Å². The standard InChI is InChI=1S/C24H37N3OS/c1-6-11-27(18(4)5)24(28)25-20-7-8-23-21(14-20)22(16-29-23)19-9-12-26(13-10-19)15-17(2)3/h7-8,14,16-19H,6,9-13,15H2,1-5H3,(H,25,28). The average Bonchev–Trinajstić information content (AvgIpc) is 3.09. The Morgan fingerprint density at radius 2 is 1.97 bits per heavy atom. The number of hydrogen-bond acceptors (Lipinski definition) is 3. The molecule has 0 saturated carbocycles. The topological polar surface area (TPSA) is 35.6 Å². The van der Waals surface area contributed by atoms with Gasteiger partial charge in [0.15, 0.2) is 0 Å². The molecule has 0 radical (unpaired) electrons. The number of hydrogen-bond donors (Lipinski definition) is 1. The van der Waals surface area contributed by atoms with Gasteiger partial charge in [0.25, 0.3) is 0 Å². The Morgan fingerprint density at radius 3 is 2.59 bits per heavy atom. The number of carbonyl (C=O) groups excluding carboxylic acids is 1. The van der Waals surface area contributed by atoms with Crippen LogP contribution in [0.3, 0.4) is 0 Å². The van der Waals surface area contributed by atoms with Crippen molar-refractivity contribution in [2.75, 3.05) is 31.5 Å². The maximum Gasteiger partial charge on any atom is 0.322 e. The van der Waals surface area contributed by atoms with E-state index in [1.165, 1.54) is 48.1 Å². The normalized spacial score (nSPS) is 16.1. The SMILES string of the molecule is CCCN(C(=O)Nc1ccc2scc(C3CCN(CC(C)C)CC3)c2c1)C(C)C. The first-order valence-corrected chi connectivity index (χ1v) is 12.1. The molecule has 1 aromatic carbocycles. The van der Waals surface area contributed by atoms with Crippen LogP contribution in [0.1, 0.15) is 65.4 Å². The molecule has 5 heteroatoms. The summed E-state index contributed by atoms with van der Waals surface area (Å²) < 4.78 is 1.32. The molecule has 0 spiro atoms. The minimum atomic E-state index is -0.0000248. The van der Waals surface area contributed by atoms with Gasteiger partial charge in [0.1, 0.15) is 0 Å². The second-order valence-electron chi connectivity index (χ2n) is 9.09. The maximum absolute atomic E-state index is 12.7. The second kappa shape index (κ2) is 9.94. The van der Waals surface area contributed by atoms with Gasteiger partial charge in [-0.3, -0.25) is 0 Å². The second-order valence-corrected chi connectivity index (χ2v) is 10.00. The highest BCUT2D eigenvalue weighted by Gasteiger charge is 2.23. The van der Waals surface area contributed by atoms with Gasteiger partial charge in [-0.25, -0.2) is 4.79 Å². The van der Waals surface area contributed by atoms with Crippen molar-refractivity contribution in [3.8, 4) is 0 Å². The number of nitrogens with zero attached hydrogens (tertiary/aromatic N) is 2. The molecule has 2 heterocycles. The lowest BCUT2D eigenvalue weighted by Gasteiger charge is -2.33. The van der Waals surface area contributed by atoms with Crippen LogP contribution in [-0.2, 0) is 0 Å². The smallest absolute Gasteiger partial charge is 0.322 e. The Hall–Kier alpha value is -1.59. The quantitative estimate of drug-likeness (QED) is 0.569. The predicted molar refractivity (Wildman–Crippen MR) is 126 cm³/mol. The van der Waals surface area contributed by atoms with Crippen LogP contribution in [0.15, 0.2) is 23.6 Å². The van der Waals surface area contributed by atoms with Crippen molar-refractivity contribution >= 4 is 33.1 Å². The summed E-state index contributed by atoms with van der Waals surface area (Å²) >= 11 is 1.83. The van der Waals surface area contributed by atoms with Crippen LogP contribution < -0.4 is 5.32 Å².